The average Bonchev–Trinajstić information content (AvgIpc) is 2.52. The molecule has 0 spiro atoms. The van der Waals surface area contributed by atoms with Crippen molar-refractivity contribution in [2.24, 2.45) is 5.73 Å². The van der Waals surface area contributed by atoms with Gasteiger partial charge in [0.05, 0.1) is 12.1 Å². The van der Waals surface area contributed by atoms with Crippen LogP contribution in [0.1, 0.15) is 21.6 Å². The zero-order chi connectivity index (χ0) is 15.1. The Kier molecular flexibility index (Phi) is 5.02. The van der Waals surface area contributed by atoms with Gasteiger partial charge in [-0.15, -0.1) is 0 Å². The lowest BCUT2D eigenvalue weighted by molar-refractivity contribution is 0.0945. The van der Waals surface area contributed by atoms with Crippen molar-refractivity contribution in [2.75, 3.05) is 6.54 Å². The minimum absolute atomic E-state index is 0.214. The highest BCUT2D eigenvalue weighted by Crippen LogP contribution is 2.05. The topological polar surface area (TPSA) is 68.0 Å². The molecule has 0 aliphatic carbocycles. The van der Waals surface area contributed by atoms with E-state index in [2.05, 4.69) is 22.1 Å². The summed E-state index contributed by atoms with van der Waals surface area (Å²) < 4.78 is 12.8. The van der Waals surface area contributed by atoms with Crippen LogP contribution in [0.25, 0.3) is 0 Å². The average molecular weight is 283 g/mol. The highest BCUT2D eigenvalue weighted by molar-refractivity contribution is 5.94. The van der Waals surface area contributed by atoms with E-state index in [9.17, 15) is 9.18 Å². The SMILES string of the molecule is NCC#Cc1cccnc1C(=O)NCc1ccc(F)cc1. The van der Waals surface area contributed by atoms with Crippen molar-refractivity contribution in [3.63, 3.8) is 0 Å². The van der Waals surface area contributed by atoms with Crippen molar-refractivity contribution >= 4 is 5.91 Å². The highest BCUT2D eigenvalue weighted by atomic mass is 19.1. The standard InChI is InChI=1S/C16H14FN3O/c17-14-7-5-12(6-8-14)11-20-16(21)15-13(3-1-9-18)4-2-10-19-15/h2,4-8,10H,9,11,18H2,(H,20,21). The predicted octanol–water partition coefficient (Wildman–Crippen LogP) is 1.46. The highest BCUT2D eigenvalue weighted by Gasteiger charge is 2.11. The number of carbonyl (C=O) groups excluding carboxylic acids is 1. The molecule has 0 atom stereocenters. The molecule has 1 amide bonds. The third kappa shape index (κ3) is 4.13. The number of pyridine rings is 1. The first-order valence-corrected chi connectivity index (χ1v) is 6.37. The van der Waals surface area contributed by atoms with Crippen LogP contribution in [0.4, 0.5) is 4.39 Å². The summed E-state index contributed by atoms with van der Waals surface area (Å²) in [6.45, 7) is 0.505. The lowest BCUT2D eigenvalue weighted by atomic mass is 10.1. The van der Waals surface area contributed by atoms with E-state index in [1.54, 1.807) is 24.3 Å². The van der Waals surface area contributed by atoms with E-state index in [1.165, 1.54) is 18.3 Å². The van der Waals surface area contributed by atoms with E-state index in [-0.39, 0.29) is 24.0 Å². The van der Waals surface area contributed by atoms with E-state index in [4.69, 9.17) is 5.73 Å². The van der Waals surface area contributed by atoms with Crippen molar-refractivity contribution < 1.29 is 9.18 Å². The molecule has 2 aromatic rings. The molecule has 0 aliphatic rings. The lowest BCUT2D eigenvalue weighted by Crippen LogP contribution is -2.24. The minimum Gasteiger partial charge on any atom is -0.347 e. The smallest absolute Gasteiger partial charge is 0.271 e. The van der Waals surface area contributed by atoms with E-state index in [0.717, 1.165) is 5.56 Å². The van der Waals surface area contributed by atoms with E-state index in [0.29, 0.717) is 12.1 Å². The summed E-state index contributed by atoms with van der Waals surface area (Å²) in [5, 5.41) is 2.73. The number of rotatable bonds is 3. The number of hydrogen-bond donors (Lipinski definition) is 2. The molecule has 21 heavy (non-hydrogen) atoms. The number of nitrogens with one attached hydrogen (secondary N) is 1. The molecule has 0 unspecified atom stereocenters. The summed E-state index contributed by atoms with van der Waals surface area (Å²) >= 11 is 0. The summed E-state index contributed by atoms with van der Waals surface area (Å²) in [7, 11) is 0. The largest absolute Gasteiger partial charge is 0.347 e. The Hall–Kier alpha value is -2.71. The van der Waals surface area contributed by atoms with E-state index in [1.807, 2.05) is 0 Å². The third-order valence-corrected chi connectivity index (χ3v) is 2.71. The van der Waals surface area contributed by atoms with Crippen molar-refractivity contribution in [1.29, 1.82) is 0 Å². The monoisotopic (exact) mass is 283 g/mol. The molecule has 4 nitrogen and oxygen atoms in total. The maximum Gasteiger partial charge on any atom is 0.271 e. The fourth-order valence-corrected chi connectivity index (χ4v) is 1.70. The Morgan fingerprint density at radius 2 is 2.05 bits per heavy atom. The van der Waals surface area contributed by atoms with Crippen LogP contribution in [0.2, 0.25) is 0 Å². The van der Waals surface area contributed by atoms with Crippen LogP contribution in [-0.4, -0.2) is 17.4 Å². The second-order valence-electron chi connectivity index (χ2n) is 4.21. The van der Waals surface area contributed by atoms with Gasteiger partial charge in [-0.25, -0.2) is 9.37 Å². The van der Waals surface area contributed by atoms with Crippen LogP contribution in [0.15, 0.2) is 42.6 Å². The van der Waals surface area contributed by atoms with Gasteiger partial charge in [-0.1, -0.05) is 24.0 Å². The Balaban J connectivity index is 2.08. The molecule has 1 heterocycles. The van der Waals surface area contributed by atoms with Gasteiger partial charge in [-0.05, 0) is 29.8 Å². The first-order valence-electron chi connectivity index (χ1n) is 6.37. The van der Waals surface area contributed by atoms with Crippen molar-refractivity contribution in [3.05, 3.63) is 65.2 Å². The number of halogens is 1. The molecule has 3 N–H and O–H groups in total. The van der Waals surface area contributed by atoms with Gasteiger partial charge in [0.15, 0.2) is 0 Å². The second kappa shape index (κ2) is 7.17. The first-order chi connectivity index (χ1) is 10.2. The van der Waals surface area contributed by atoms with Crippen LogP contribution < -0.4 is 11.1 Å². The van der Waals surface area contributed by atoms with E-state index >= 15 is 0 Å². The summed E-state index contributed by atoms with van der Waals surface area (Å²) in [6, 6.07) is 9.34. The van der Waals surface area contributed by atoms with Crippen LogP contribution in [-0.2, 0) is 6.54 Å². The Morgan fingerprint density at radius 3 is 2.76 bits per heavy atom. The molecule has 106 valence electrons. The number of carbonyl (C=O) groups is 1. The molecular formula is C16H14FN3O. The third-order valence-electron chi connectivity index (χ3n) is 2.71. The molecule has 0 radical (unpaired) electrons. The van der Waals surface area contributed by atoms with Crippen molar-refractivity contribution in [3.8, 4) is 11.8 Å². The molecule has 2 rings (SSSR count). The number of aromatic nitrogens is 1. The van der Waals surface area contributed by atoms with Gasteiger partial charge >= 0.3 is 0 Å². The summed E-state index contributed by atoms with van der Waals surface area (Å²) in [5.74, 6) is 4.86. The normalized spacial score (nSPS) is 9.62. The van der Waals surface area contributed by atoms with Gasteiger partial charge in [0.2, 0.25) is 0 Å². The zero-order valence-electron chi connectivity index (χ0n) is 11.3. The summed E-state index contributed by atoms with van der Waals surface area (Å²) in [5.41, 5.74) is 6.90. The molecule has 0 saturated carbocycles. The summed E-state index contributed by atoms with van der Waals surface area (Å²) in [4.78, 5) is 16.2. The molecule has 0 aliphatic heterocycles. The Labute approximate surface area is 122 Å². The second-order valence-corrected chi connectivity index (χ2v) is 4.21. The fourth-order valence-electron chi connectivity index (χ4n) is 1.70. The Morgan fingerprint density at radius 1 is 1.29 bits per heavy atom. The fraction of sp³-hybridized carbons (Fsp3) is 0.125. The van der Waals surface area contributed by atoms with E-state index < -0.39 is 0 Å². The molecule has 1 aromatic carbocycles. The quantitative estimate of drug-likeness (QED) is 0.838. The molecular weight excluding hydrogens is 269 g/mol. The van der Waals surface area contributed by atoms with Gasteiger partial charge in [0.25, 0.3) is 5.91 Å². The maximum atomic E-state index is 12.8. The van der Waals surface area contributed by atoms with Crippen molar-refractivity contribution in [1.82, 2.24) is 10.3 Å². The van der Waals surface area contributed by atoms with Gasteiger partial charge in [-0.2, -0.15) is 0 Å². The van der Waals surface area contributed by atoms with Crippen LogP contribution in [0.5, 0.6) is 0 Å². The van der Waals surface area contributed by atoms with Gasteiger partial charge in [0, 0.05) is 12.7 Å². The number of amides is 1. The predicted molar refractivity (Wildman–Crippen MR) is 77.7 cm³/mol. The van der Waals surface area contributed by atoms with Crippen LogP contribution >= 0.6 is 0 Å². The maximum absolute atomic E-state index is 12.8. The lowest BCUT2D eigenvalue weighted by Gasteiger charge is -2.06. The van der Waals surface area contributed by atoms with Gasteiger partial charge < -0.3 is 11.1 Å². The number of benzene rings is 1. The number of nitrogens with zero attached hydrogens (tertiary/aromatic N) is 1. The molecule has 1 aromatic heterocycles. The zero-order valence-corrected chi connectivity index (χ0v) is 11.3. The van der Waals surface area contributed by atoms with Gasteiger partial charge in [-0.3, -0.25) is 4.79 Å². The Bertz CT molecular complexity index is 687. The molecule has 5 heteroatoms. The molecule has 0 bridgehead atoms. The van der Waals surface area contributed by atoms with Gasteiger partial charge in [0.1, 0.15) is 11.5 Å². The molecule has 0 fully saturated rings. The first kappa shape index (κ1) is 14.7. The van der Waals surface area contributed by atoms with Crippen LogP contribution in [0.3, 0.4) is 0 Å². The van der Waals surface area contributed by atoms with Crippen LogP contribution in [0, 0.1) is 17.7 Å². The molecule has 0 saturated heterocycles. The minimum atomic E-state index is -0.332. The number of nitrogens with two attached hydrogens (primary N) is 1. The van der Waals surface area contributed by atoms with Crippen molar-refractivity contribution in [2.45, 2.75) is 6.54 Å². The summed E-state index contributed by atoms with van der Waals surface area (Å²) in [6.07, 6.45) is 1.53. The number of hydrogen-bond acceptors (Lipinski definition) is 3.